The van der Waals surface area contributed by atoms with E-state index in [4.69, 9.17) is 0 Å². The van der Waals surface area contributed by atoms with Crippen LogP contribution in [0.25, 0.3) is 10.6 Å². The maximum Gasteiger partial charge on any atom is 0.153 e. The molecule has 0 N–H and O–H groups in total. The first-order valence-corrected chi connectivity index (χ1v) is 6.84. The summed E-state index contributed by atoms with van der Waals surface area (Å²) < 4.78 is 1.99. The predicted octanol–water partition coefficient (Wildman–Crippen LogP) is 3.54. The van der Waals surface area contributed by atoms with Crippen LogP contribution in [-0.2, 0) is 0 Å². The van der Waals surface area contributed by atoms with E-state index >= 15 is 0 Å². The van der Waals surface area contributed by atoms with Gasteiger partial charge in [-0.3, -0.25) is 9.48 Å². The van der Waals surface area contributed by atoms with Crippen LogP contribution in [0.15, 0.2) is 23.7 Å². The Morgan fingerprint density at radius 2 is 2.24 bits per heavy atom. The maximum absolute atomic E-state index is 11.1. The molecule has 1 aliphatic carbocycles. The molecule has 3 nitrogen and oxygen atoms in total. The molecule has 1 saturated carbocycles. The second kappa shape index (κ2) is 4.45. The average Bonchev–Trinajstić information content (AvgIpc) is 3.09. The molecule has 0 atom stereocenters. The lowest BCUT2D eigenvalue weighted by atomic mass is 10.2. The number of thiophene rings is 1. The highest BCUT2D eigenvalue weighted by molar-refractivity contribution is 7.13. The van der Waals surface area contributed by atoms with E-state index in [0.29, 0.717) is 11.6 Å². The Balaban J connectivity index is 2.00. The van der Waals surface area contributed by atoms with E-state index in [1.807, 2.05) is 28.4 Å². The lowest BCUT2D eigenvalue weighted by Gasteiger charge is -2.08. The van der Waals surface area contributed by atoms with E-state index in [0.717, 1.165) is 16.9 Å². The van der Waals surface area contributed by atoms with Gasteiger partial charge >= 0.3 is 0 Å². The van der Waals surface area contributed by atoms with Crippen molar-refractivity contribution in [3.63, 3.8) is 0 Å². The van der Waals surface area contributed by atoms with Crippen LogP contribution in [0.3, 0.4) is 0 Å². The Morgan fingerprint density at radius 3 is 2.88 bits per heavy atom. The standard InChI is InChI=1S/C13H14N2OS/c16-9-10-8-15(11-4-1-2-5-11)14-13(10)12-6-3-7-17-12/h3,6-9,11H,1-2,4-5H2. The zero-order valence-corrected chi connectivity index (χ0v) is 10.3. The summed E-state index contributed by atoms with van der Waals surface area (Å²) in [6.07, 6.45) is 7.73. The largest absolute Gasteiger partial charge is 0.298 e. The van der Waals surface area contributed by atoms with Crippen LogP contribution in [0.4, 0.5) is 0 Å². The molecule has 1 aliphatic rings. The van der Waals surface area contributed by atoms with Crippen LogP contribution in [-0.4, -0.2) is 16.1 Å². The highest BCUT2D eigenvalue weighted by Gasteiger charge is 2.20. The number of hydrogen-bond donors (Lipinski definition) is 0. The molecule has 0 unspecified atom stereocenters. The normalized spacial score (nSPS) is 16.5. The van der Waals surface area contributed by atoms with Crippen molar-refractivity contribution in [2.75, 3.05) is 0 Å². The van der Waals surface area contributed by atoms with Crippen LogP contribution < -0.4 is 0 Å². The van der Waals surface area contributed by atoms with E-state index in [1.54, 1.807) is 11.3 Å². The summed E-state index contributed by atoms with van der Waals surface area (Å²) in [6, 6.07) is 4.49. The number of aromatic nitrogens is 2. The Hall–Kier alpha value is -1.42. The van der Waals surface area contributed by atoms with Crippen molar-refractivity contribution in [2.24, 2.45) is 0 Å². The van der Waals surface area contributed by atoms with Gasteiger partial charge < -0.3 is 0 Å². The topological polar surface area (TPSA) is 34.9 Å². The Bertz CT molecular complexity index is 510. The van der Waals surface area contributed by atoms with E-state index in [-0.39, 0.29) is 0 Å². The summed E-state index contributed by atoms with van der Waals surface area (Å²) in [5.74, 6) is 0. The van der Waals surface area contributed by atoms with Gasteiger partial charge in [0.05, 0.1) is 16.5 Å². The number of carbonyl (C=O) groups excluding carboxylic acids is 1. The minimum absolute atomic E-state index is 0.488. The zero-order chi connectivity index (χ0) is 11.7. The smallest absolute Gasteiger partial charge is 0.153 e. The summed E-state index contributed by atoms with van der Waals surface area (Å²) in [5, 5.41) is 6.61. The molecular weight excluding hydrogens is 232 g/mol. The zero-order valence-electron chi connectivity index (χ0n) is 9.50. The number of hydrogen-bond acceptors (Lipinski definition) is 3. The number of aldehydes is 1. The van der Waals surface area contributed by atoms with Gasteiger partial charge in [-0.1, -0.05) is 18.9 Å². The van der Waals surface area contributed by atoms with Gasteiger partial charge in [0, 0.05) is 6.20 Å². The van der Waals surface area contributed by atoms with Crippen molar-refractivity contribution < 1.29 is 4.79 Å². The fourth-order valence-corrected chi connectivity index (χ4v) is 3.18. The van der Waals surface area contributed by atoms with Gasteiger partial charge in [0.25, 0.3) is 0 Å². The minimum atomic E-state index is 0.488. The van der Waals surface area contributed by atoms with Crippen molar-refractivity contribution >= 4 is 17.6 Å². The fraction of sp³-hybridized carbons (Fsp3) is 0.385. The van der Waals surface area contributed by atoms with Crippen molar-refractivity contribution in [2.45, 2.75) is 31.7 Å². The molecule has 0 aliphatic heterocycles. The molecule has 0 aromatic carbocycles. The number of nitrogens with zero attached hydrogens (tertiary/aromatic N) is 2. The second-order valence-electron chi connectivity index (χ2n) is 4.45. The van der Waals surface area contributed by atoms with Gasteiger partial charge in [0.1, 0.15) is 5.69 Å². The first-order chi connectivity index (χ1) is 8.38. The molecular formula is C13H14N2OS. The van der Waals surface area contributed by atoms with Gasteiger partial charge in [0.2, 0.25) is 0 Å². The highest BCUT2D eigenvalue weighted by atomic mass is 32.1. The Kier molecular flexibility index (Phi) is 2.81. The van der Waals surface area contributed by atoms with Crippen molar-refractivity contribution in [3.05, 3.63) is 29.3 Å². The molecule has 2 aromatic rings. The van der Waals surface area contributed by atoms with Gasteiger partial charge in [-0.05, 0) is 24.3 Å². The van der Waals surface area contributed by atoms with Crippen LogP contribution in [0.1, 0.15) is 42.1 Å². The Labute approximate surface area is 104 Å². The predicted molar refractivity (Wildman–Crippen MR) is 68.4 cm³/mol. The molecule has 4 heteroatoms. The lowest BCUT2D eigenvalue weighted by molar-refractivity contribution is 0.112. The Morgan fingerprint density at radius 1 is 1.41 bits per heavy atom. The number of carbonyl (C=O) groups is 1. The monoisotopic (exact) mass is 246 g/mol. The molecule has 0 radical (unpaired) electrons. The lowest BCUT2D eigenvalue weighted by Crippen LogP contribution is -2.04. The first-order valence-electron chi connectivity index (χ1n) is 5.96. The third-order valence-electron chi connectivity index (χ3n) is 3.34. The van der Waals surface area contributed by atoms with Crippen molar-refractivity contribution in [3.8, 4) is 10.6 Å². The van der Waals surface area contributed by atoms with Crippen LogP contribution >= 0.6 is 11.3 Å². The quantitative estimate of drug-likeness (QED) is 0.776. The maximum atomic E-state index is 11.1. The highest BCUT2D eigenvalue weighted by Crippen LogP contribution is 2.32. The third kappa shape index (κ3) is 1.93. The molecule has 17 heavy (non-hydrogen) atoms. The van der Waals surface area contributed by atoms with Crippen molar-refractivity contribution in [1.29, 1.82) is 0 Å². The van der Waals surface area contributed by atoms with Gasteiger partial charge in [-0.25, -0.2) is 0 Å². The van der Waals surface area contributed by atoms with Gasteiger partial charge in [-0.15, -0.1) is 11.3 Å². The van der Waals surface area contributed by atoms with Gasteiger partial charge in [-0.2, -0.15) is 5.10 Å². The molecule has 0 spiro atoms. The van der Waals surface area contributed by atoms with E-state index in [9.17, 15) is 4.79 Å². The van der Waals surface area contributed by atoms with Crippen LogP contribution in [0.2, 0.25) is 0 Å². The molecule has 2 heterocycles. The van der Waals surface area contributed by atoms with Gasteiger partial charge in [0.15, 0.2) is 6.29 Å². The molecule has 0 saturated heterocycles. The SMILES string of the molecule is O=Cc1cn(C2CCCC2)nc1-c1cccs1. The molecule has 2 aromatic heterocycles. The van der Waals surface area contributed by atoms with E-state index in [1.165, 1.54) is 25.7 Å². The molecule has 3 rings (SSSR count). The van der Waals surface area contributed by atoms with Crippen LogP contribution in [0.5, 0.6) is 0 Å². The summed E-state index contributed by atoms with van der Waals surface area (Å²) in [6.45, 7) is 0. The first kappa shape index (κ1) is 10.7. The third-order valence-corrected chi connectivity index (χ3v) is 4.22. The minimum Gasteiger partial charge on any atom is -0.298 e. The molecule has 1 fully saturated rings. The van der Waals surface area contributed by atoms with Crippen LogP contribution in [0, 0.1) is 0 Å². The van der Waals surface area contributed by atoms with E-state index in [2.05, 4.69) is 5.10 Å². The molecule has 88 valence electrons. The molecule has 0 amide bonds. The van der Waals surface area contributed by atoms with Crippen molar-refractivity contribution in [1.82, 2.24) is 9.78 Å². The average molecular weight is 246 g/mol. The fourth-order valence-electron chi connectivity index (χ4n) is 2.45. The molecule has 0 bridgehead atoms. The number of rotatable bonds is 3. The second-order valence-corrected chi connectivity index (χ2v) is 5.39. The summed E-state index contributed by atoms with van der Waals surface area (Å²) >= 11 is 1.63. The van der Waals surface area contributed by atoms with E-state index < -0.39 is 0 Å². The summed E-state index contributed by atoms with van der Waals surface area (Å²) in [5.41, 5.74) is 1.54. The summed E-state index contributed by atoms with van der Waals surface area (Å²) in [7, 11) is 0. The summed E-state index contributed by atoms with van der Waals surface area (Å²) in [4.78, 5) is 12.2.